The lowest BCUT2D eigenvalue weighted by atomic mass is 10.4. The van der Waals surface area contributed by atoms with Crippen LogP contribution in [0.3, 0.4) is 0 Å². The van der Waals surface area contributed by atoms with Gasteiger partial charge < -0.3 is 4.98 Å². The van der Waals surface area contributed by atoms with E-state index in [-0.39, 0.29) is 8.57 Å². The molecule has 0 aromatic rings. The summed E-state index contributed by atoms with van der Waals surface area (Å²) < 4.78 is 0. The molecule has 0 aliphatic carbocycles. The first kappa shape index (κ1) is 5.03. The molecule has 0 saturated carbocycles. The average Bonchev–Trinajstić information content (AvgIpc) is 2.14. The van der Waals surface area contributed by atoms with Crippen molar-refractivity contribution in [3.05, 3.63) is 0 Å². The first-order valence-corrected chi connectivity index (χ1v) is 4.58. The van der Waals surface area contributed by atoms with Crippen LogP contribution in [0, 0.1) is 0 Å². The molecule has 0 fully saturated rings. The van der Waals surface area contributed by atoms with E-state index in [1.807, 2.05) is 0 Å². The molecule has 0 aromatic heterocycles. The highest BCUT2D eigenvalue weighted by molar-refractivity contribution is 6.64. The Labute approximate surface area is 46.0 Å². The zero-order chi connectivity index (χ0) is 5.11. The monoisotopic (exact) mass is 113 g/mol. The standard InChI is InChI=1S/C5H11NSi/c1-6-7-4-2-3-5-7/h4,6H,2-3,5H2,1H3. The fourth-order valence-corrected chi connectivity index (χ4v) is 2.69. The molecule has 0 unspecified atom stereocenters. The van der Waals surface area contributed by atoms with Gasteiger partial charge in [-0.3, -0.25) is 0 Å². The van der Waals surface area contributed by atoms with Crippen molar-refractivity contribution in [2.45, 2.75) is 18.9 Å². The van der Waals surface area contributed by atoms with Crippen molar-refractivity contribution in [1.82, 2.24) is 4.98 Å². The lowest BCUT2D eigenvalue weighted by Gasteiger charge is -1.92. The van der Waals surface area contributed by atoms with Crippen molar-refractivity contribution in [2.24, 2.45) is 0 Å². The predicted molar refractivity (Wildman–Crippen MR) is 34.9 cm³/mol. The molecule has 2 heteroatoms. The van der Waals surface area contributed by atoms with Crippen LogP contribution < -0.4 is 4.98 Å². The van der Waals surface area contributed by atoms with Gasteiger partial charge in [0.05, 0.1) is 0 Å². The highest BCUT2D eigenvalue weighted by atomic mass is 28.2. The second kappa shape index (κ2) is 2.26. The van der Waals surface area contributed by atoms with E-state index in [0.29, 0.717) is 0 Å². The van der Waals surface area contributed by atoms with Gasteiger partial charge in [-0.05, 0) is 25.9 Å². The molecular weight excluding hydrogens is 102 g/mol. The highest BCUT2D eigenvalue weighted by Gasteiger charge is 2.00. The average molecular weight is 113 g/mol. The van der Waals surface area contributed by atoms with Crippen molar-refractivity contribution in [3.63, 3.8) is 0 Å². The van der Waals surface area contributed by atoms with Crippen LogP contribution >= 0.6 is 0 Å². The molecule has 7 heavy (non-hydrogen) atoms. The van der Waals surface area contributed by atoms with Gasteiger partial charge in [0.25, 0.3) is 0 Å². The van der Waals surface area contributed by atoms with Crippen LogP contribution in [0.25, 0.3) is 0 Å². The molecule has 40 valence electrons. The first-order chi connectivity index (χ1) is 3.43. The zero-order valence-electron chi connectivity index (χ0n) is 4.70. The Morgan fingerprint density at radius 1 is 1.71 bits per heavy atom. The summed E-state index contributed by atoms with van der Waals surface area (Å²) in [6.07, 6.45) is 2.78. The van der Waals surface area contributed by atoms with Gasteiger partial charge in [-0.1, -0.05) is 5.67 Å². The van der Waals surface area contributed by atoms with Crippen LogP contribution in [0.15, 0.2) is 0 Å². The van der Waals surface area contributed by atoms with E-state index in [9.17, 15) is 0 Å². The van der Waals surface area contributed by atoms with Gasteiger partial charge in [-0.25, -0.2) is 0 Å². The van der Waals surface area contributed by atoms with E-state index >= 15 is 0 Å². The Morgan fingerprint density at radius 3 is 2.86 bits per heavy atom. The van der Waals surface area contributed by atoms with E-state index in [1.54, 1.807) is 0 Å². The summed E-state index contributed by atoms with van der Waals surface area (Å²) in [5.74, 6) is 0. The van der Waals surface area contributed by atoms with Crippen molar-refractivity contribution >= 4 is 14.2 Å². The molecular formula is C5H11NSi. The summed E-state index contributed by atoms with van der Waals surface area (Å²) in [6.45, 7) is 0. The van der Waals surface area contributed by atoms with E-state index < -0.39 is 0 Å². The molecule has 0 bridgehead atoms. The molecule has 1 N–H and O–H groups in total. The lowest BCUT2D eigenvalue weighted by Crippen LogP contribution is -2.19. The lowest BCUT2D eigenvalue weighted by molar-refractivity contribution is 1.01. The summed E-state index contributed by atoms with van der Waals surface area (Å²) in [6, 6.07) is 1.45. The predicted octanol–water partition coefficient (Wildman–Crippen LogP) is 0.375. The number of hydrogen-bond acceptors (Lipinski definition) is 1. The molecule has 0 radical (unpaired) electrons. The fraction of sp³-hybridized carbons (Fsp3) is 0.800. The van der Waals surface area contributed by atoms with Gasteiger partial charge in [-0.2, -0.15) is 0 Å². The summed E-state index contributed by atoms with van der Waals surface area (Å²) in [7, 11) is 1.94. The van der Waals surface area contributed by atoms with Gasteiger partial charge in [0.15, 0.2) is 0 Å². The number of nitrogens with one attached hydrogen (secondary N) is 1. The summed E-state index contributed by atoms with van der Waals surface area (Å²) in [5.41, 5.74) is 2.45. The van der Waals surface area contributed by atoms with Crippen molar-refractivity contribution in [2.75, 3.05) is 7.05 Å². The Balaban J connectivity index is 2.36. The SMILES string of the molecule is CN[Si]1=CCCC1. The topological polar surface area (TPSA) is 12.0 Å². The largest absolute Gasteiger partial charge is 0.423 e. The van der Waals surface area contributed by atoms with Crippen LogP contribution in [0.1, 0.15) is 12.8 Å². The van der Waals surface area contributed by atoms with Crippen molar-refractivity contribution in [1.29, 1.82) is 0 Å². The smallest absolute Gasteiger partial charge is 0.117 e. The molecule has 0 spiro atoms. The minimum Gasteiger partial charge on any atom is -0.423 e. The molecule has 1 heterocycles. The van der Waals surface area contributed by atoms with E-state index in [4.69, 9.17) is 0 Å². The summed E-state index contributed by atoms with van der Waals surface area (Å²) in [5, 5.41) is 0. The third kappa shape index (κ3) is 1.13. The molecule has 0 aromatic carbocycles. The van der Waals surface area contributed by atoms with Crippen LogP contribution in [0.5, 0.6) is 0 Å². The maximum atomic E-state index is 3.31. The molecule has 1 aliphatic rings. The Bertz CT molecular complexity index is 88.1. The normalized spacial score (nSPS) is 19.3. The third-order valence-corrected chi connectivity index (χ3v) is 3.68. The highest BCUT2D eigenvalue weighted by Crippen LogP contribution is 1.99. The van der Waals surface area contributed by atoms with E-state index in [1.165, 1.54) is 18.9 Å². The minimum atomic E-state index is -0.127. The maximum absolute atomic E-state index is 3.31. The summed E-state index contributed by atoms with van der Waals surface area (Å²) in [4.78, 5) is 3.31. The van der Waals surface area contributed by atoms with Crippen molar-refractivity contribution < 1.29 is 0 Å². The maximum Gasteiger partial charge on any atom is 0.117 e. The van der Waals surface area contributed by atoms with E-state index in [0.717, 1.165) is 0 Å². The van der Waals surface area contributed by atoms with Crippen LogP contribution in [-0.4, -0.2) is 21.3 Å². The van der Waals surface area contributed by atoms with Gasteiger partial charge in [-0.15, -0.1) is 0 Å². The van der Waals surface area contributed by atoms with Crippen LogP contribution in [0.4, 0.5) is 0 Å². The Morgan fingerprint density at radius 2 is 2.57 bits per heavy atom. The van der Waals surface area contributed by atoms with E-state index in [2.05, 4.69) is 17.7 Å². The summed E-state index contributed by atoms with van der Waals surface area (Å²) >= 11 is 0. The minimum absolute atomic E-state index is 0.127. The van der Waals surface area contributed by atoms with Gasteiger partial charge >= 0.3 is 0 Å². The molecule has 0 atom stereocenters. The van der Waals surface area contributed by atoms with Crippen LogP contribution in [-0.2, 0) is 0 Å². The van der Waals surface area contributed by atoms with Gasteiger partial charge in [0.2, 0.25) is 0 Å². The fourth-order valence-electron chi connectivity index (χ4n) is 0.898. The second-order valence-electron chi connectivity index (χ2n) is 1.87. The molecule has 0 amide bonds. The van der Waals surface area contributed by atoms with Gasteiger partial charge in [0.1, 0.15) is 8.57 Å². The quantitative estimate of drug-likeness (QED) is 0.485. The molecule has 1 rings (SSSR count). The van der Waals surface area contributed by atoms with Crippen molar-refractivity contribution in [3.8, 4) is 0 Å². The molecule has 0 saturated heterocycles. The Hall–Kier alpha value is -0.113. The Kier molecular flexibility index (Phi) is 1.62. The molecule has 1 aliphatic heterocycles. The van der Waals surface area contributed by atoms with Gasteiger partial charge in [0, 0.05) is 0 Å². The zero-order valence-corrected chi connectivity index (χ0v) is 5.70. The van der Waals surface area contributed by atoms with Crippen LogP contribution in [0.2, 0.25) is 6.04 Å². The second-order valence-corrected chi connectivity index (χ2v) is 4.33. The molecule has 1 nitrogen and oxygen atoms in total. The number of hydrogen-bond donors (Lipinski definition) is 1. The third-order valence-electron chi connectivity index (χ3n) is 1.36. The number of rotatable bonds is 1. The first-order valence-electron chi connectivity index (χ1n) is 2.80.